The van der Waals surface area contributed by atoms with Gasteiger partial charge >= 0.3 is 12.4 Å². The summed E-state index contributed by atoms with van der Waals surface area (Å²) in [5, 5.41) is 6.23. The molecule has 0 aliphatic carbocycles. The molecule has 0 spiro atoms. The molecular formula is C17H13F6N5. The van der Waals surface area contributed by atoms with Crippen LogP contribution in [0.4, 0.5) is 37.8 Å². The van der Waals surface area contributed by atoms with Crippen LogP contribution in [0.5, 0.6) is 0 Å². The van der Waals surface area contributed by atoms with Crippen molar-refractivity contribution in [3.63, 3.8) is 0 Å². The Labute approximate surface area is 155 Å². The van der Waals surface area contributed by atoms with Gasteiger partial charge in [-0.2, -0.15) is 31.4 Å². The van der Waals surface area contributed by atoms with E-state index in [2.05, 4.69) is 20.4 Å². The van der Waals surface area contributed by atoms with E-state index in [1.807, 2.05) is 0 Å². The number of rotatable bonds is 3. The number of hydrogen-bond acceptors (Lipinski definition) is 4. The molecule has 0 radical (unpaired) electrons. The minimum Gasteiger partial charge on any atom is -0.339 e. The number of nitrogens with one attached hydrogen (secondary N) is 1. The van der Waals surface area contributed by atoms with Gasteiger partial charge < -0.3 is 5.32 Å². The maximum absolute atomic E-state index is 13.3. The first-order valence-electron chi connectivity index (χ1n) is 7.84. The van der Waals surface area contributed by atoms with Crippen molar-refractivity contribution in [1.29, 1.82) is 0 Å². The quantitative estimate of drug-likeness (QED) is 0.630. The summed E-state index contributed by atoms with van der Waals surface area (Å²) in [6.07, 6.45) is -6.73. The van der Waals surface area contributed by atoms with Crippen molar-refractivity contribution in [2.75, 3.05) is 5.32 Å². The van der Waals surface area contributed by atoms with Crippen LogP contribution in [0.25, 0.3) is 11.3 Å². The Morgan fingerprint density at radius 3 is 2.14 bits per heavy atom. The van der Waals surface area contributed by atoms with Gasteiger partial charge in [0.25, 0.3) is 0 Å². The van der Waals surface area contributed by atoms with Crippen molar-refractivity contribution in [2.45, 2.75) is 19.3 Å². The SMILES string of the molecule is Cc1c(-c2cncc(Nc3ccc(C(F)(F)F)cc3)n2)c(C(F)(F)F)nn1C. The predicted octanol–water partition coefficient (Wildman–Crippen LogP) is 4.97. The lowest BCUT2D eigenvalue weighted by Crippen LogP contribution is -2.09. The van der Waals surface area contributed by atoms with Gasteiger partial charge in [0.05, 0.1) is 29.2 Å². The maximum Gasteiger partial charge on any atom is 0.435 e. The van der Waals surface area contributed by atoms with Crippen molar-refractivity contribution >= 4 is 11.5 Å². The molecule has 0 aliphatic heterocycles. The Morgan fingerprint density at radius 2 is 1.57 bits per heavy atom. The molecule has 3 aromatic rings. The molecule has 0 saturated carbocycles. The highest BCUT2D eigenvalue weighted by atomic mass is 19.4. The monoisotopic (exact) mass is 401 g/mol. The van der Waals surface area contributed by atoms with E-state index in [4.69, 9.17) is 0 Å². The standard InChI is InChI=1S/C17H13F6N5/c1-9-14(15(17(21,22)23)27-28(9)2)12-7-24-8-13(26-12)25-11-5-3-10(4-6-11)16(18,19)20/h3-8H,1-2H3,(H,25,26). The highest BCUT2D eigenvalue weighted by Gasteiger charge is 2.39. The van der Waals surface area contributed by atoms with Crippen molar-refractivity contribution in [2.24, 2.45) is 7.05 Å². The van der Waals surface area contributed by atoms with Gasteiger partial charge in [-0.25, -0.2) is 4.98 Å². The summed E-state index contributed by atoms with van der Waals surface area (Å²) in [6.45, 7) is 1.47. The smallest absolute Gasteiger partial charge is 0.339 e. The average Bonchev–Trinajstić information content (AvgIpc) is 2.90. The topological polar surface area (TPSA) is 55.6 Å². The van der Waals surface area contributed by atoms with Gasteiger partial charge in [-0.3, -0.25) is 9.67 Å². The van der Waals surface area contributed by atoms with Crippen molar-refractivity contribution in [3.05, 3.63) is 53.6 Å². The Balaban J connectivity index is 1.94. The van der Waals surface area contributed by atoms with Gasteiger partial charge in [0.15, 0.2) is 5.69 Å². The molecule has 28 heavy (non-hydrogen) atoms. The lowest BCUT2D eigenvalue weighted by Gasteiger charge is -2.10. The molecule has 5 nitrogen and oxygen atoms in total. The van der Waals surface area contributed by atoms with Crippen LogP contribution in [0.3, 0.4) is 0 Å². The first-order chi connectivity index (χ1) is 13.0. The van der Waals surface area contributed by atoms with E-state index < -0.39 is 23.6 Å². The summed E-state index contributed by atoms with van der Waals surface area (Å²) in [4.78, 5) is 7.99. The van der Waals surface area contributed by atoms with Crippen LogP contribution in [-0.4, -0.2) is 19.7 Å². The molecule has 0 bridgehead atoms. The lowest BCUT2D eigenvalue weighted by atomic mass is 10.1. The summed E-state index contributed by atoms with van der Waals surface area (Å²) in [6, 6.07) is 4.14. The first kappa shape index (κ1) is 19.6. The maximum atomic E-state index is 13.3. The molecule has 0 saturated heterocycles. The van der Waals surface area contributed by atoms with Crippen molar-refractivity contribution < 1.29 is 26.3 Å². The van der Waals surface area contributed by atoms with Gasteiger partial charge in [0.2, 0.25) is 0 Å². The van der Waals surface area contributed by atoms with Gasteiger partial charge in [0, 0.05) is 18.4 Å². The number of hydrogen-bond donors (Lipinski definition) is 1. The largest absolute Gasteiger partial charge is 0.435 e. The molecule has 0 atom stereocenters. The first-order valence-corrected chi connectivity index (χ1v) is 7.84. The molecule has 3 rings (SSSR count). The van der Waals surface area contributed by atoms with Crippen LogP contribution in [-0.2, 0) is 19.4 Å². The molecule has 0 aliphatic rings. The fourth-order valence-electron chi connectivity index (χ4n) is 2.55. The Morgan fingerprint density at radius 1 is 0.929 bits per heavy atom. The van der Waals surface area contributed by atoms with E-state index in [0.717, 1.165) is 23.0 Å². The van der Waals surface area contributed by atoms with Crippen LogP contribution in [0.1, 0.15) is 17.0 Å². The molecule has 11 heteroatoms. The predicted molar refractivity (Wildman–Crippen MR) is 88.7 cm³/mol. The highest BCUT2D eigenvalue weighted by Crippen LogP contribution is 2.37. The Kier molecular flexibility index (Phi) is 4.77. The van der Waals surface area contributed by atoms with Crippen molar-refractivity contribution in [3.8, 4) is 11.3 Å². The molecule has 148 valence electrons. The van der Waals surface area contributed by atoms with E-state index in [1.165, 1.54) is 32.3 Å². The second kappa shape index (κ2) is 6.80. The third-order valence-electron chi connectivity index (χ3n) is 3.98. The molecule has 1 aromatic carbocycles. The zero-order valence-corrected chi connectivity index (χ0v) is 14.5. The van der Waals surface area contributed by atoms with Gasteiger partial charge in [-0.1, -0.05) is 0 Å². The fourth-order valence-corrected chi connectivity index (χ4v) is 2.55. The molecule has 2 heterocycles. The molecule has 2 aromatic heterocycles. The third-order valence-corrected chi connectivity index (χ3v) is 3.98. The Bertz CT molecular complexity index is 989. The van der Waals surface area contributed by atoms with Crippen LogP contribution < -0.4 is 5.32 Å². The van der Waals surface area contributed by atoms with Crippen LogP contribution >= 0.6 is 0 Å². The second-order valence-electron chi connectivity index (χ2n) is 5.92. The van der Waals surface area contributed by atoms with Crippen LogP contribution in [0.15, 0.2) is 36.7 Å². The van der Waals surface area contributed by atoms with E-state index in [-0.39, 0.29) is 28.5 Å². The van der Waals surface area contributed by atoms with E-state index in [1.54, 1.807) is 0 Å². The summed E-state index contributed by atoms with van der Waals surface area (Å²) in [5.74, 6) is 0.0774. The molecule has 0 unspecified atom stereocenters. The minimum absolute atomic E-state index is 0.0603. The number of alkyl halides is 6. The molecule has 1 N–H and O–H groups in total. The minimum atomic E-state index is -4.68. The Hall–Kier alpha value is -3.11. The summed E-state index contributed by atoms with van der Waals surface area (Å²) < 4.78 is 78.8. The second-order valence-corrected chi connectivity index (χ2v) is 5.92. The van der Waals surface area contributed by atoms with E-state index >= 15 is 0 Å². The molecule has 0 amide bonds. The summed E-state index contributed by atoms with van der Waals surface area (Å²) in [7, 11) is 1.38. The molecule has 0 fully saturated rings. The van der Waals surface area contributed by atoms with Crippen molar-refractivity contribution in [1.82, 2.24) is 19.7 Å². The van der Waals surface area contributed by atoms with Crippen LogP contribution in [0, 0.1) is 6.92 Å². The van der Waals surface area contributed by atoms with E-state index in [0.29, 0.717) is 0 Å². The van der Waals surface area contributed by atoms with Gasteiger partial charge in [-0.05, 0) is 31.2 Å². The molecular weight excluding hydrogens is 388 g/mol. The number of aromatic nitrogens is 4. The van der Waals surface area contributed by atoms with Crippen LogP contribution in [0.2, 0.25) is 0 Å². The average molecular weight is 401 g/mol. The summed E-state index contributed by atoms with van der Waals surface area (Å²) in [5.41, 5.74) is -1.66. The normalized spacial score (nSPS) is 12.3. The zero-order valence-electron chi connectivity index (χ0n) is 14.5. The summed E-state index contributed by atoms with van der Waals surface area (Å²) >= 11 is 0. The number of benzene rings is 1. The third kappa shape index (κ3) is 3.92. The lowest BCUT2D eigenvalue weighted by molar-refractivity contribution is -0.141. The van der Waals surface area contributed by atoms with Gasteiger partial charge in [-0.15, -0.1) is 0 Å². The fraction of sp³-hybridized carbons (Fsp3) is 0.235. The number of nitrogens with zero attached hydrogens (tertiary/aromatic N) is 4. The highest BCUT2D eigenvalue weighted by molar-refractivity contribution is 5.67. The van der Waals surface area contributed by atoms with Gasteiger partial charge in [0.1, 0.15) is 5.82 Å². The number of anilines is 2. The zero-order chi connectivity index (χ0) is 20.7. The number of halogens is 6. The van der Waals surface area contributed by atoms with E-state index in [9.17, 15) is 26.3 Å². The number of aryl methyl sites for hydroxylation is 1.